The van der Waals surface area contributed by atoms with Crippen LogP contribution >= 0.6 is 11.3 Å². The molecule has 4 rings (SSSR count). The SMILES string of the molecule is COc1cc(N/C=C(\C#N)c2nc(-c3ccc4c(c3)OCO4)cs2)cc(OC)c1OC. The fourth-order valence-electron chi connectivity index (χ4n) is 3.05. The Labute approximate surface area is 183 Å². The van der Waals surface area contributed by atoms with Gasteiger partial charge in [0.1, 0.15) is 16.6 Å². The maximum atomic E-state index is 9.65. The lowest BCUT2D eigenvalue weighted by Crippen LogP contribution is -1.98. The fraction of sp³-hybridized carbons (Fsp3) is 0.182. The number of methoxy groups -OCH3 is 3. The number of benzene rings is 2. The molecule has 0 atom stereocenters. The van der Waals surface area contributed by atoms with Crippen molar-refractivity contribution in [1.82, 2.24) is 4.98 Å². The Kier molecular flexibility index (Phi) is 5.82. The van der Waals surface area contributed by atoms with Crippen LogP contribution in [0.5, 0.6) is 28.7 Å². The van der Waals surface area contributed by atoms with E-state index in [0.717, 1.165) is 11.3 Å². The van der Waals surface area contributed by atoms with Crippen molar-refractivity contribution in [1.29, 1.82) is 5.26 Å². The van der Waals surface area contributed by atoms with Gasteiger partial charge in [0.15, 0.2) is 23.0 Å². The van der Waals surface area contributed by atoms with E-state index in [1.165, 1.54) is 11.3 Å². The van der Waals surface area contributed by atoms with Crippen molar-refractivity contribution >= 4 is 22.6 Å². The molecule has 8 nitrogen and oxygen atoms in total. The number of nitriles is 1. The molecule has 0 saturated carbocycles. The van der Waals surface area contributed by atoms with E-state index in [2.05, 4.69) is 16.4 Å². The summed E-state index contributed by atoms with van der Waals surface area (Å²) in [4.78, 5) is 4.61. The number of allylic oxidation sites excluding steroid dienone is 1. The highest BCUT2D eigenvalue weighted by Gasteiger charge is 2.16. The number of ether oxygens (including phenoxy) is 5. The summed E-state index contributed by atoms with van der Waals surface area (Å²) in [6.45, 7) is 0.217. The zero-order valence-corrected chi connectivity index (χ0v) is 17.9. The molecule has 1 aliphatic heterocycles. The van der Waals surface area contributed by atoms with E-state index in [-0.39, 0.29) is 6.79 Å². The van der Waals surface area contributed by atoms with Crippen molar-refractivity contribution in [2.75, 3.05) is 33.4 Å². The third-order valence-corrected chi connectivity index (χ3v) is 5.45. The molecular formula is C22H19N3O5S. The Morgan fingerprint density at radius 2 is 1.84 bits per heavy atom. The summed E-state index contributed by atoms with van der Waals surface area (Å²) >= 11 is 1.38. The number of hydrogen-bond acceptors (Lipinski definition) is 9. The first-order chi connectivity index (χ1) is 15.2. The smallest absolute Gasteiger partial charge is 0.231 e. The molecule has 2 heterocycles. The summed E-state index contributed by atoms with van der Waals surface area (Å²) in [5.74, 6) is 2.91. The predicted octanol–water partition coefficient (Wildman–Crippen LogP) is 4.54. The first-order valence-corrected chi connectivity index (χ1v) is 10.1. The van der Waals surface area contributed by atoms with E-state index in [9.17, 15) is 5.26 Å². The zero-order valence-electron chi connectivity index (χ0n) is 17.1. The number of aromatic nitrogens is 1. The van der Waals surface area contributed by atoms with Gasteiger partial charge in [-0.25, -0.2) is 4.98 Å². The van der Waals surface area contributed by atoms with Crippen LogP contribution < -0.4 is 29.0 Å². The van der Waals surface area contributed by atoms with Gasteiger partial charge < -0.3 is 29.0 Å². The highest BCUT2D eigenvalue weighted by atomic mass is 32.1. The molecule has 0 bridgehead atoms. The fourth-order valence-corrected chi connectivity index (χ4v) is 3.84. The lowest BCUT2D eigenvalue weighted by molar-refractivity contribution is 0.174. The van der Waals surface area contributed by atoms with Crippen molar-refractivity contribution in [3.63, 3.8) is 0 Å². The molecule has 0 amide bonds. The lowest BCUT2D eigenvalue weighted by Gasteiger charge is -2.14. The van der Waals surface area contributed by atoms with Crippen LogP contribution in [0.1, 0.15) is 5.01 Å². The van der Waals surface area contributed by atoms with Gasteiger partial charge in [0.25, 0.3) is 0 Å². The first-order valence-electron chi connectivity index (χ1n) is 9.19. The lowest BCUT2D eigenvalue weighted by atomic mass is 10.1. The van der Waals surface area contributed by atoms with Gasteiger partial charge in [-0.05, 0) is 18.2 Å². The zero-order chi connectivity index (χ0) is 21.8. The van der Waals surface area contributed by atoms with Gasteiger partial charge >= 0.3 is 0 Å². The first kappa shape index (κ1) is 20.4. The summed E-state index contributed by atoms with van der Waals surface area (Å²) in [6, 6.07) is 11.3. The van der Waals surface area contributed by atoms with Gasteiger partial charge in [0.05, 0.1) is 27.0 Å². The molecule has 0 fully saturated rings. The number of hydrogen-bond donors (Lipinski definition) is 1. The number of anilines is 1. The van der Waals surface area contributed by atoms with Gasteiger partial charge in [-0.2, -0.15) is 5.26 Å². The molecule has 3 aromatic rings. The standard InChI is InChI=1S/C22H19N3O5S/c1-26-19-7-15(8-20(27-2)21(19)28-3)24-10-14(9-23)22-25-16(11-31-22)13-4-5-17-18(6-13)30-12-29-17/h4-8,10-11,24H,12H2,1-3H3/b14-10+. The van der Waals surface area contributed by atoms with E-state index in [4.69, 9.17) is 23.7 Å². The molecule has 2 aromatic carbocycles. The third kappa shape index (κ3) is 4.06. The number of thiazole rings is 1. The van der Waals surface area contributed by atoms with Crippen LogP contribution in [0, 0.1) is 11.3 Å². The van der Waals surface area contributed by atoms with Crippen LogP contribution in [0.2, 0.25) is 0 Å². The van der Waals surface area contributed by atoms with Crippen molar-refractivity contribution in [3.8, 4) is 46.1 Å². The molecule has 158 valence electrons. The van der Waals surface area contributed by atoms with Crippen molar-refractivity contribution in [2.45, 2.75) is 0 Å². The Morgan fingerprint density at radius 1 is 1.10 bits per heavy atom. The quantitative estimate of drug-likeness (QED) is 0.538. The summed E-state index contributed by atoms with van der Waals surface area (Å²) in [5.41, 5.74) is 2.72. The monoisotopic (exact) mass is 437 g/mol. The topological polar surface area (TPSA) is 94.9 Å². The summed E-state index contributed by atoms with van der Waals surface area (Å²) < 4.78 is 26.8. The average molecular weight is 437 g/mol. The average Bonchev–Trinajstić information content (AvgIpc) is 3.48. The van der Waals surface area contributed by atoms with Crippen molar-refractivity contribution < 1.29 is 23.7 Å². The maximum Gasteiger partial charge on any atom is 0.231 e. The van der Waals surface area contributed by atoms with E-state index in [1.54, 1.807) is 39.7 Å². The molecule has 0 spiro atoms. The minimum Gasteiger partial charge on any atom is -0.493 e. The van der Waals surface area contributed by atoms with Crippen LogP contribution in [-0.4, -0.2) is 33.1 Å². The van der Waals surface area contributed by atoms with Crippen LogP contribution in [0.4, 0.5) is 5.69 Å². The van der Waals surface area contributed by atoms with E-state index < -0.39 is 0 Å². The van der Waals surface area contributed by atoms with Gasteiger partial charge in [0.2, 0.25) is 12.5 Å². The van der Waals surface area contributed by atoms with Gasteiger partial charge in [-0.15, -0.1) is 11.3 Å². The number of fused-ring (bicyclic) bond motifs is 1. The molecule has 1 aliphatic rings. The number of nitrogens with one attached hydrogen (secondary N) is 1. The van der Waals surface area contributed by atoms with Crippen molar-refractivity contribution in [2.24, 2.45) is 0 Å². The number of nitrogens with zero attached hydrogens (tertiary/aromatic N) is 2. The molecule has 0 radical (unpaired) electrons. The Hall–Kier alpha value is -3.90. The Bertz CT molecular complexity index is 1160. The minimum atomic E-state index is 0.217. The molecule has 9 heteroatoms. The van der Waals surface area contributed by atoms with E-state index in [0.29, 0.717) is 45.0 Å². The molecule has 31 heavy (non-hydrogen) atoms. The third-order valence-electron chi connectivity index (χ3n) is 4.57. The minimum absolute atomic E-state index is 0.217. The van der Waals surface area contributed by atoms with E-state index >= 15 is 0 Å². The molecular weight excluding hydrogens is 418 g/mol. The second kappa shape index (κ2) is 8.85. The van der Waals surface area contributed by atoms with Crippen molar-refractivity contribution in [3.05, 3.63) is 46.9 Å². The van der Waals surface area contributed by atoms with Crippen LogP contribution in [0.15, 0.2) is 41.9 Å². The van der Waals surface area contributed by atoms with Gasteiger partial charge in [0, 0.05) is 35.0 Å². The second-order valence-electron chi connectivity index (χ2n) is 6.33. The Balaban J connectivity index is 1.58. The summed E-state index contributed by atoms with van der Waals surface area (Å²) in [6.07, 6.45) is 1.60. The molecule has 1 N–H and O–H groups in total. The molecule has 0 aliphatic carbocycles. The maximum absolute atomic E-state index is 9.65. The molecule has 0 saturated heterocycles. The van der Waals surface area contributed by atoms with Crippen LogP contribution in [0.3, 0.4) is 0 Å². The molecule has 0 unspecified atom stereocenters. The highest BCUT2D eigenvalue weighted by molar-refractivity contribution is 7.11. The van der Waals surface area contributed by atoms with Crippen LogP contribution in [-0.2, 0) is 0 Å². The molecule has 1 aromatic heterocycles. The van der Waals surface area contributed by atoms with Gasteiger partial charge in [-0.1, -0.05) is 0 Å². The summed E-state index contributed by atoms with van der Waals surface area (Å²) in [7, 11) is 4.64. The van der Waals surface area contributed by atoms with E-state index in [1.807, 2.05) is 23.6 Å². The largest absolute Gasteiger partial charge is 0.493 e. The second-order valence-corrected chi connectivity index (χ2v) is 7.19. The predicted molar refractivity (Wildman–Crippen MR) is 117 cm³/mol. The highest BCUT2D eigenvalue weighted by Crippen LogP contribution is 2.40. The van der Waals surface area contributed by atoms with Gasteiger partial charge in [-0.3, -0.25) is 0 Å². The normalized spacial score (nSPS) is 12.3. The summed E-state index contributed by atoms with van der Waals surface area (Å²) in [5, 5.41) is 15.3. The Morgan fingerprint density at radius 3 is 2.52 bits per heavy atom. The van der Waals surface area contributed by atoms with Crippen LogP contribution in [0.25, 0.3) is 16.8 Å². The number of rotatable bonds is 7.